The molecule has 2 saturated heterocycles. The third-order valence-electron chi connectivity index (χ3n) is 9.29. The second kappa shape index (κ2) is 14.4. The van der Waals surface area contributed by atoms with Gasteiger partial charge in [-0.3, -0.25) is 14.6 Å². The summed E-state index contributed by atoms with van der Waals surface area (Å²) in [5.74, 6) is 0.617. The summed E-state index contributed by atoms with van der Waals surface area (Å²) < 4.78 is 28.1. The molecule has 0 radical (unpaired) electrons. The minimum atomic E-state index is -3.51. The average molecular weight is 603 g/mol. The number of nitrogens with zero attached hydrogens (tertiary/aromatic N) is 3. The second-order valence-electron chi connectivity index (χ2n) is 12.5. The van der Waals surface area contributed by atoms with Crippen LogP contribution in [-0.2, 0) is 21.2 Å². The van der Waals surface area contributed by atoms with Crippen LogP contribution in [0, 0.1) is 13.8 Å². The molecule has 2 amide bonds. The maximum atomic E-state index is 13.3. The van der Waals surface area contributed by atoms with Crippen molar-refractivity contribution in [2.75, 3.05) is 31.9 Å². The predicted octanol–water partition coefficient (Wildman–Crippen LogP) is 4.28. The van der Waals surface area contributed by atoms with Crippen LogP contribution in [0.4, 0.5) is 0 Å². The number of aliphatic hydroxyl groups excluding tert-OH is 1. The fourth-order valence-electron chi connectivity index (χ4n) is 6.55. The Morgan fingerprint density at radius 3 is 2.19 bits per heavy atom. The van der Waals surface area contributed by atoms with E-state index in [2.05, 4.69) is 12.2 Å². The van der Waals surface area contributed by atoms with E-state index in [1.807, 2.05) is 26.0 Å². The zero-order chi connectivity index (χ0) is 30.3. The molecular formula is C32H50N4O5S. The van der Waals surface area contributed by atoms with E-state index in [1.165, 1.54) is 36.4 Å². The van der Waals surface area contributed by atoms with Crippen LogP contribution < -0.4 is 5.32 Å². The van der Waals surface area contributed by atoms with Crippen molar-refractivity contribution in [2.45, 2.75) is 116 Å². The van der Waals surface area contributed by atoms with Gasteiger partial charge in [-0.15, -0.1) is 0 Å². The van der Waals surface area contributed by atoms with E-state index in [1.54, 1.807) is 4.90 Å². The summed E-state index contributed by atoms with van der Waals surface area (Å²) >= 11 is 0. The first-order valence-electron chi connectivity index (χ1n) is 16.0. The number of carbonyl (C=O) groups excluding carboxylic acids is 2. The molecule has 1 aromatic carbocycles. The number of rotatable bonds is 13. The Morgan fingerprint density at radius 2 is 1.57 bits per heavy atom. The molecule has 2 fully saturated rings. The van der Waals surface area contributed by atoms with E-state index in [4.69, 9.17) is 4.99 Å². The first kappa shape index (κ1) is 32.6. The van der Waals surface area contributed by atoms with Gasteiger partial charge in [0.25, 0.3) is 11.8 Å². The van der Waals surface area contributed by atoms with Crippen LogP contribution in [0.1, 0.15) is 111 Å². The largest absolute Gasteiger partial charge is 0.393 e. The highest BCUT2D eigenvalue weighted by Crippen LogP contribution is 2.32. The molecule has 1 aromatic rings. The van der Waals surface area contributed by atoms with Gasteiger partial charge in [-0.1, -0.05) is 45.4 Å². The number of aliphatic hydroxyl groups is 1. The van der Waals surface area contributed by atoms with E-state index in [0.29, 0.717) is 63.8 Å². The maximum absolute atomic E-state index is 13.3. The number of aryl methyl sites for hydroxylation is 2. The molecule has 3 aliphatic heterocycles. The third-order valence-corrected chi connectivity index (χ3v) is 11.2. The fourth-order valence-corrected chi connectivity index (χ4v) is 8.01. The maximum Gasteiger partial charge on any atom is 0.253 e. The van der Waals surface area contributed by atoms with Crippen LogP contribution in [0.25, 0.3) is 0 Å². The smallest absolute Gasteiger partial charge is 0.253 e. The molecule has 2 N–H and O–H groups in total. The zero-order valence-electron chi connectivity index (χ0n) is 25.8. The van der Waals surface area contributed by atoms with E-state index >= 15 is 0 Å². The van der Waals surface area contributed by atoms with Gasteiger partial charge >= 0.3 is 0 Å². The molecule has 0 saturated carbocycles. The number of hydrogen-bond acceptors (Lipinski definition) is 6. The van der Waals surface area contributed by atoms with Gasteiger partial charge in [0.1, 0.15) is 11.4 Å². The van der Waals surface area contributed by atoms with Gasteiger partial charge in [-0.2, -0.15) is 0 Å². The van der Waals surface area contributed by atoms with Crippen LogP contribution in [0.5, 0.6) is 0 Å². The molecular weight excluding hydrogens is 552 g/mol. The summed E-state index contributed by atoms with van der Waals surface area (Å²) in [6.07, 6.45) is 11.2. The van der Waals surface area contributed by atoms with Gasteiger partial charge in [0.15, 0.2) is 0 Å². The lowest BCUT2D eigenvalue weighted by Gasteiger charge is -2.34. The molecule has 9 nitrogen and oxygen atoms in total. The van der Waals surface area contributed by atoms with Gasteiger partial charge in [0.05, 0.1) is 11.9 Å². The Balaban J connectivity index is 1.28. The minimum absolute atomic E-state index is 0.0159. The van der Waals surface area contributed by atoms with Crippen LogP contribution in [0.2, 0.25) is 0 Å². The number of carbonyl (C=O) groups is 2. The number of benzene rings is 1. The molecule has 234 valence electrons. The highest BCUT2D eigenvalue weighted by molar-refractivity contribution is 7.89. The highest BCUT2D eigenvalue weighted by Gasteiger charge is 2.47. The van der Waals surface area contributed by atoms with Gasteiger partial charge in [-0.25, -0.2) is 12.7 Å². The number of hydrogen-bond donors (Lipinski definition) is 2. The number of amides is 2. The Labute approximate surface area is 252 Å². The fraction of sp³-hybridized carbons (Fsp3) is 0.719. The summed E-state index contributed by atoms with van der Waals surface area (Å²) in [6, 6.07) is 3.71. The van der Waals surface area contributed by atoms with Crippen LogP contribution in [0.15, 0.2) is 17.1 Å². The first-order chi connectivity index (χ1) is 20.0. The Bertz CT molecular complexity index is 1220. The number of sulfonamides is 1. The molecule has 0 bridgehead atoms. The molecule has 0 aliphatic carbocycles. The summed E-state index contributed by atoms with van der Waals surface area (Å²) in [6.45, 7) is 7.74. The summed E-state index contributed by atoms with van der Waals surface area (Å²) in [5, 5.41) is 12.7. The first-order valence-corrected chi connectivity index (χ1v) is 17.6. The Morgan fingerprint density at radius 1 is 0.976 bits per heavy atom. The molecule has 42 heavy (non-hydrogen) atoms. The minimum Gasteiger partial charge on any atom is -0.393 e. The molecule has 4 rings (SSSR count). The third kappa shape index (κ3) is 7.99. The van der Waals surface area contributed by atoms with Crippen molar-refractivity contribution in [1.82, 2.24) is 14.5 Å². The lowest BCUT2D eigenvalue weighted by molar-refractivity contribution is -0.124. The SMILES string of the molecule is CCCCCCCCCC1=NC2(CCN(S(=O)(=O)CCc3c(C)cc(C(=O)N4CCC(O)CC4)cc3C)CC2)C(=O)N1. The number of unbranched alkanes of at least 4 members (excludes halogenated alkanes) is 6. The van der Waals surface area contributed by atoms with E-state index < -0.39 is 15.6 Å². The van der Waals surface area contributed by atoms with Gasteiger partial charge in [0, 0.05) is 38.2 Å². The number of aliphatic imine (C=N–C) groups is 1. The van der Waals surface area contributed by atoms with E-state index in [9.17, 15) is 23.1 Å². The lowest BCUT2D eigenvalue weighted by Crippen LogP contribution is -2.50. The van der Waals surface area contributed by atoms with Crippen molar-refractivity contribution in [3.8, 4) is 0 Å². The average Bonchev–Trinajstić information content (AvgIpc) is 3.26. The topological polar surface area (TPSA) is 119 Å². The van der Waals surface area contributed by atoms with E-state index in [0.717, 1.165) is 41.8 Å². The normalized spacial score (nSPS) is 19.8. The molecule has 3 aliphatic rings. The molecule has 10 heteroatoms. The zero-order valence-corrected chi connectivity index (χ0v) is 26.6. The van der Waals surface area contributed by atoms with Crippen molar-refractivity contribution < 1.29 is 23.1 Å². The number of likely N-dealkylation sites (tertiary alicyclic amines) is 1. The quantitative estimate of drug-likeness (QED) is 0.327. The molecule has 0 unspecified atom stereocenters. The summed E-state index contributed by atoms with van der Waals surface area (Å²) in [4.78, 5) is 32.5. The predicted molar refractivity (Wildman–Crippen MR) is 166 cm³/mol. The van der Waals surface area contributed by atoms with Crippen molar-refractivity contribution in [2.24, 2.45) is 4.99 Å². The van der Waals surface area contributed by atoms with Crippen molar-refractivity contribution >= 4 is 27.7 Å². The number of piperidine rings is 2. The number of nitrogens with one attached hydrogen (secondary N) is 1. The van der Waals surface area contributed by atoms with Crippen LogP contribution >= 0.6 is 0 Å². The highest BCUT2D eigenvalue weighted by atomic mass is 32.2. The Kier molecular flexibility index (Phi) is 11.2. The monoisotopic (exact) mass is 602 g/mol. The molecule has 0 atom stereocenters. The molecule has 3 heterocycles. The van der Waals surface area contributed by atoms with Gasteiger partial charge in [0.2, 0.25) is 10.0 Å². The summed E-state index contributed by atoms with van der Waals surface area (Å²) in [5.41, 5.74) is 2.55. The standard InChI is InChI=1S/C32H50N4O5S/c1-4-5-6-7-8-9-10-11-29-33-31(39)32(34-29)15-19-36(20-16-32)42(40,41)21-14-28-24(2)22-26(23-25(28)3)30(38)35-17-12-27(37)13-18-35/h22-23,27,37H,4-21H2,1-3H3,(H,33,34,39). The molecule has 1 spiro atoms. The van der Waals surface area contributed by atoms with Gasteiger partial charge < -0.3 is 15.3 Å². The Hall–Kier alpha value is -2.30. The summed E-state index contributed by atoms with van der Waals surface area (Å²) in [7, 11) is -3.51. The molecule has 0 aromatic heterocycles. The van der Waals surface area contributed by atoms with Gasteiger partial charge in [-0.05, 0) is 81.2 Å². The lowest BCUT2D eigenvalue weighted by atomic mass is 9.89. The van der Waals surface area contributed by atoms with E-state index in [-0.39, 0.29) is 23.7 Å². The second-order valence-corrected chi connectivity index (χ2v) is 14.6. The number of amidine groups is 1. The van der Waals surface area contributed by atoms with Crippen LogP contribution in [-0.4, -0.2) is 84.0 Å². The van der Waals surface area contributed by atoms with Crippen molar-refractivity contribution in [3.63, 3.8) is 0 Å². The van der Waals surface area contributed by atoms with Crippen LogP contribution in [0.3, 0.4) is 0 Å². The van der Waals surface area contributed by atoms with Crippen molar-refractivity contribution in [1.29, 1.82) is 0 Å². The van der Waals surface area contributed by atoms with Crippen molar-refractivity contribution in [3.05, 3.63) is 34.4 Å².